The van der Waals surface area contributed by atoms with Crippen LogP contribution in [0.15, 0.2) is 54.1 Å². The molecule has 1 unspecified atom stereocenters. The Labute approximate surface area is 180 Å². The molecule has 0 spiro atoms. The fourth-order valence-corrected chi connectivity index (χ4v) is 4.67. The Morgan fingerprint density at radius 2 is 1.83 bits per heavy atom. The van der Waals surface area contributed by atoms with E-state index < -0.39 is 17.7 Å². The number of nitrogens with zero attached hydrogens (tertiary/aromatic N) is 1. The molecule has 156 valence electrons. The first-order chi connectivity index (χ1) is 14.5. The molecule has 1 aliphatic heterocycles. The van der Waals surface area contributed by atoms with Crippen LogP contribution in [0.25, 0.3) is 5.76 Å². The van der Waals surface area contributed by atoms with Gasteiger partial charge in [0.15, 0.2) is 0 Å². The van der Waals surface area contributed by atoms with Crippen LogP contribution in [0, 0.1) is 0 Å². The summed E-state index contributed by atoms with van der Waals surface area (Å²) in [5.74, 6) is -0.973. The molecule has 0 bridgehead atoms. The van der Waals surface area contributed by atoms with Crippen molar-refractivity contribution in [3.63, 3.8) is 0 Å². The number of benzene rings is 2. The van der Waals surface area contributed by atoms with Gasteiger partial charge in [0.05, 0.1) is 23.2 Å². The number of halogens is 1. The van der Waals surface area contributed by atoms with Gasteiger partial charge in [-0.2, -0.15) is 0 Å². The van der Waals surface area contributed by atoms with E-state index in [0.717, 1.165) is 31.2 Å². The molecule has 30 heavy (non-hydrogen) atoms. The summed E-state index contributed by atoms with van der Waals surface area (Å²) in [5.41, 5.74) is 1.16. The van der Waals surface area contributed by atoms with Gasteiger partial charge in [-0.1, -0.05) is 54.8 Å². The Balaban J connectivity index is 1.88. The molecule has 6 heteroatoms. The zero-order valence-corrected chi connectivity index (χ0v) is 17.6. The van der Waals surface area contributed by atoms with Gasteiger partial charge in [-0.05, 0) is 43.5 Å². The molecule has 1 saturated carbocycles. The highest BCUT2D eigenvalue weighted by atomic mass is 35.5. The van der Waals surface area contributed by atoms with Crippen molar-refractivity contribution in [1.82, 2.24) is 4.90 Å². The van der Waals surface area contributed by atoms with Gasteiger partial charge in [0.1, 0.15) is 11.5 Å². The van der Waals surface area contributed by atoms with Crippen LogP contribution in [-0.2, 0) is 9.59 Å². The molecule has 1 atom stereocenters. The average Bonchev–Trinajstić information content (AvgIpc) is 3.37. The number of hydrogen-bond donors (Lipinski definition) is 1. The van der Waals surface area contributed by atoms with Crippen LogP contribution in [0.2, 0.25) is 5.02 Å². The summed E-state index contributed by atoms with van der Waals surface area (Å²) in [4.78, 5) is 27.8. The molecule has 0 aromatic heterocycles. The molecule has 2 aromatic carbocycles. The highest BCUT2D eigenvalue weighted by Gasteiger charge is 2.49. The van der Waals surface area contributed by atoms with Gasteiger partial charge in [-0.25, -0.2) is 0 Å². The van der Waals surface area contributed by atoms with Crippen LogP contribution in [0.4, 0.5) is 0 Å². The highest BCUT2D eigenvalue weighted by molar-refractivity contribution is 6.47. The molecule has 5 nitrogen and oxygen atoms in total. The molecule has 1 saturated heterocycles. The molecule has 2 fully saturated rings. The third kappa shape index (κ3) is 3.58. The lowest BCUT2D eigenvalue weighted by Gasteiger charge is -2.30. The Morgan fingerprint density at radius 3 is 2.50 bits per heavy atom. The maximum Gasteiger partial charge on any atom is 0.295 e. The minimum Gasteiger partial charge on any atom is -0.507 e. The number of amides is 1. The smallest absolute Gasteiger partial charge is 0.295 e. The SMILES string of the molecule is CCOc1ccc(Cl)c(/C(O)=C2\C(=O)C(=O)N(C3CCCC3)C2c2ccccc2)c1. The first kappa shape index (κ1) is 20.5. The monoisotopic (exact) mass is 425 g/mol. The minimum atomic E-state index is -0.675. The lowest BCUT2D eigenvalue weighted by atomic mass is 9.94. The second kappa shape index (κ2) is 8.52. The van der Waals surface area contributed by atoms with E-state index in [1.165, 1.54) is 0 Å². The Hall–Kier alpha value is -2.79. The van der Waals surface area contributed by atoms with Gasteiger partial charge in [-0.15, -0.1) is 0 Å². The minimum absolute atomic E-state index is 0.0119. The van der Waals surface area contributed by atoms with Gasteiger partial charge >= 0.3 is 0 Å². The largest absolute Gasteiger partial charge is 0.507 e. The van der Waals surface area contributed by atoms with Crippen molar-refractivity contribution in [2.24, 2.45) is 0 Å². The average molecular weight is 426 g/mol. The van der Waals surface area contributed by atoms with E-state index in [2.05, 4.69) is 0 Å². The zero-order valence-electron chi connectivity index (χ0n) is 16.8. The first-order valence-corrected chi connectivity index (χ1v) is 10.7. The van der Waals surface area contributed by atoms with E-state index >= 15 is 0 Å². The number of aliphatic hydroxyl groups is 1. The predicted octanol–water partition coefficient (Wildman–Crippen LogP) is 5.10. The summed E-state index contributed by atoms with van der Waals surface area (Å²) in [5, 5.41) is 11.5. The maximum absolute atomic E-state index is 13.1. The molecule has 0 radical (unpaired) electrons. The molecule has 4 rings (SSSR count). The number of likely N-dealkylation sites (tertiary alicyclic amines) is 1. The van der Waals surface area contributed by atoms with Crippen LogP contribution in [0.5, 0.6) is 5.75 Å². The number of ketones is 1. The quantitative estimate of drug-likeness (QED) is 0.411. The Bertz CT molecular complexity index is 996. The van der Waals surface area contributed by atoms with Crippen molar-refractivity contribution < 1.29 is 19.4 Å². The predicted molar refractivity (Wildman–Crippen MR) is 115 cm³/mol. The standard InChI is InChI=1S/C24H24ClNO4/c1-2-30-17-12-13-19(25)18(14-17)22(27)20-21(15-8-4-3-5-9-15)26(24(29)23(20)28)16-10-6-7-11-16/h3-5,8-9,12-14,16,21,27H,2,6-7,10-11H2,1H3/b22-20+. The van der Waals surface area contributed by atoms with E-state index in [4.69, 9.17) is 16.3 Å². The van der Waals surface area contributed by atoms with Crippen LogP contribution in [-0.4, -0.2) is 34.3 Å². The lowest BCUT2D eigenvalue weighted by molar-refractivity contribution is -0.141. The van der Waals surface area contributed by atoms with E-state index in [9.17, 15) is 14.7 Å². The van der Waals surface area contributed by atoms with Crippen LogP contribution in [0.3, 0.4) is 0 Å². The number of aliphatic hydroxyl groups excluding tert-OH is 1. The Morgan fingerprint density at radius 1 is 1.13 bits per heavy atom. The highest BCUT2D eigenvalue weighted by Crippen LogP contribution is 2.44. The van der Waals surface area contributed by atoms with Crippen LogP contribution < -0.4 is 4.74 Å². The molecule has 2 aromatic rings. The summed E-state index contributed by atoms with van der Waals surface area (Å²) >= 11 is 6.35. The molecule has 1 heterocycles. The Kier molecular flexibility index (Phi) is 5.82. The first-order valence-electron chi connectivity index (χ1n) is 10.3. The van der Waals surface area contributed by atoms with Crippen molar-refractivity contribution in [2.45, 2.75) is 44.7 Å². The summed E-state index contributed by atoms with van der Waals surface area (Å²) in [6, 6.07) is 13.6. The maximum atomic E-state index is 13.1. The second-order valence-electron chi connectivity index (χ2n) is 7.63. The van der Waals surface area contributed by atoms with Gasteiger partial charge in [0, 0.05) is 11.6 Å². The topological polar surface area (TPSA) is 66.8 Å². The van der Waals surface area contributed by atoms with E-state index in [1.54, 1.807) is 23.1 Å². The van der Waals surface area contributed by atoms with E-state index in [1.807, 2.05) is 37.3 Å². The summed E-state index contributed by atoms with van der Waals surface area (Å²) in [6.45, 7) is 2.31. The normalized spacial score (nSPS) is 21.4. The van der Waals surface area contributed by atoms with Crippen molar-refractivity contribution >= 4 is 29.1 Å². The van der Waals surface area contributed by atoms with Gasteiger partial charge in [0.2, 0.25) is 0 Å². The molecule has 1 aliphatic carbocycles. The van der Waals surface area contributed by atoms with Crippen molar-refractivity contribution in [2.75, 3.05) is 6.61 Å². The number of hydrogen-bond acceptors (Lipinski definition) is 4. The number of carbonyl (C=O) groups excluding carboxylic acids is 2. The van der Waals surface area contributed by atoms with Crippen LogP contribution in [0.1, 0.15) is 49.8 Å². The van der Waals surface area contributed by atoms with Crippen LogP contribution >= 0.6 is 11.6 Å². The molecular weight excluding hydrogens is 402 g/mol. The number of Topliss-reactive ketones (excluding diaryl/α,β-unsaturated/α-hetero) is 1. The third-order valence-corrected chi connectivity index (χ3v) is 6.15. The molecule has 1 amide bonds. The number of rotatable bonds is 5. The van der Waals surface area contributed by atoms with E-state index in [-0.39, 0.29) is 28.0 Å². The lowest BCUT2D eigenvalue weighted by Crippen LogP contribution is -2.37. The number of carbonyl (C=O) groups is 2. The molecule has 2 aliphatic rings. The molecule has 1 N–H and O–H groups in total. The van der Waals surface area contributed by atoms with E-state index in [0.29, 0.717) is 12.4 Å². The zero-order chi connectivity index (χ0) is 21.3. The third-order valence-electron chi connectivity index (χ3n) is 5.82. The summed E-state index contributed by atoms with van der Waals surface area (Å²) < 4.78 is 5.52. The summed E-state index contributed by atoms with van der Waals surface area (Å²) in [6.07, 6.45) is 3.77. The van der Waals surface area contributed by atoms with Crippen molar-refractivity contribution in [3.05, 3.63) is 70.3 Å². The summed E-state index contributed by atoms with van der Waals surface area (Å²) in [7, 11) is 0. The van der Waals surface area contributed by atoms with Gasteiger partial charge in [-0.3, -0.25) is 9.59 Å². The number of ether oxygens (including phenoxy) is 1. The van der Waals surface area contributed by atoms with Crippen molar-refractivity contribution in [1.29, 1.82) is 0 Å². The van der Waals surface area contributed by atoms with Gasteiger partial charge in [0.25, 0.3) is 11.7 Å². The van der Waals surface area contributed by atoms with Gasteiger partial charge < -0.3 is 14.7 Å². The fraction of sp³-hybridized carbons (Fsp3) is 0.333. The fourth-order valence-electron chi connectivity index (χ4n) is 4.46. The molecular formula is C24H24ClNO4. The van der Waals surface area contributed by atoms with Crippen molar-refractivity contribution in [3.8, 4) is 5.75 Å². The second-order valence-corrected chi connectivity index (χ2v) is 8.04.